The van der Waals surface area contributed by atoms with Gasteiger partial charge in [0, 0.05) is 23.7 Å². The van der Waals surface area contributed by atoms with Gasteiger partial charge in [-0.25, -0.2) is 0 Å². The Bertz CT molecular complexity index is 616. The summed E-state index contributed by atoms with van der Waals surface area (Å²) in [7, 11) is 0. The summed E-state index contributed by atoms with van der Waals surface area (Å²) in [5.41, 5.74) is 1.62. The number of hydrogen-bond donors (Lipinski definition) is 2. The molecule has 110 valence electrons. The SMILES string of the molecule is CC(c1ccccc1O)C1CCC[P+]1(S)c1ccccc1. The number of aromatic hydroxyl groups is 1. The van der Waals surface area contributed by atoms with Crippen LogP contribution in [0.1, 0.15) is 31.2 Å². The first-order valence-electron chi connectivity index (χ1n) is 7.57. The third kappa shape index (κ3) is 2.72. The van der Waals surface area contributed by atoms with E-state index in [0.29, 0.717) is 17.3 Å². The van der Waals surface area contributed by atoms with Gasteiger partial charge in [-0.05, 0) is 31.0 Å². The van der Waals surface area contributed by atoms with Crippen LogP contribution in [0.15, 0.2) is 54.6 Å². The van der Waals surface area contributed by atoms with Crippen molar-refractivity contribution >= 4 is 24.0 Å². The number of phenols is 1. The van der Waals surface area contributed by atoms with Crippen LogP contribution in [0.25, 0.3) is 0 Å². The van der Waals surface area contributed by atoms with Crippen LogP contribution in [-0.4, -0.2) is 16.9 Å². The van der Waals surface area contributed by atoms with Gasteiger partial charge in [-0.15, -0.1) is 0 Å². The maximum atomic E-state index is 10.2. The highest BCUT2D eigenvalue weighted by Gasteiger charge is 2.52. The molecular formula is C18H22OPS+. The molecule has 2 aromatic rings. The number of rotatable bonds is 3. The fourth-order valence-electron chi connectivity index (χ4n) is 3.63. The van der Waals surface area contributed by atoms with Crippen molar-refractivity contribution in [3.8, 4) is 5.75 Å². The average Bonchev–Trinajstić information content (AvgIpc) is 2.91. The van der Waals surface area contributed by atoms with Crippen LogP contribution in [-0.2, 0) is 0 Å². The molecule has 0 amide bonds. The molecule has 1 aliphatic rings. The Morgan fingerprint density at radius 3 is 2.48 bits per heavy atom. The van der Waals surface area contributed by atoms with Gasteiger partial charge in [-0.1, -0.05) is 43.3 Å². The summed E-state index contributed by atoms with van der Waals surface area (Å²) in [6, 6.07) is 18.5. The predicted octanol–water partition coefficient (Wildman–Crippen LogP) is 4.85. The maximum absolute atomic E-state index is 10.2. The lowest BCUT2D eigenvalue weighted by atomic mass is 9.94. The molecule has 1 heterocycles. The van der Waals surface area contributed by atoms with E-state index in [-0.39, 0.29) is 0 Å². The smallest absolute Gasteiger partial charge is 0.119 e. The van der Waals surface area contributed by atoms with Crippen molar-refractivity contribution in [1.82, 2.24) is 0 Å². The molecule has 21 heavy (non-hydrogen) atoms. The predicted molar refractivity (Wildman–Crippen MR) is 96.4 cm³/mol. The van der Waals surface area contributed by atoms with Gasteiger partial charge in [0.25, 0.3) is 0 Å². The van der Waals surface area contributed by atoms with Crippen LogP contribution >= 0.6 is 18.7 Å². The van der Waals surface area contributed by atoms with Crippen LogP contribution in [0, 0.1) is 0 Å². The normalized spacial score (nSPS) is 26.7. The average molecular weight is 317 g/mol. The monoisotopic (exact) mass is 317 g/mol. The minimum absolute atomic E-state index is 0.347. The Morgan fingerprint density at radius 2 is 1.76 bits per heavy atom. The van der Waals surface area contributed by atoms with Crippen LogP contribution in [0.5, 0.6) is 5.75 Å². The molecule has 0 spiro atoms. The minimum Gasteiger partial charge on any atom is -0.508 e. The van der Waals surface area contributed by atoms with Gasteiger partial charge < -0.3 is 5.11 Å². The zero-order valence-corrected chi connectivity index (χ0v) is 14.1. The van der Waals surface area contributed by atoms with Gasteiger partial charge in [0.1, 0.15) is 17.5 Å². The summed E-state index contributed by atoms with van der Waals surface area (Å²) in [5, 5.41) is 11.6. The first kappa shape index (κ1) is 14.9. The van der Waals surface area contributed by atoms with Crippen LogP contribution in [0.4, 0.5) is 0 Å². The summed E-state index contributed by atoms with van der Waals surface area (Å²) < 4.78 is 0. The molecule has 2 aromatic carbocycles. The molecule has 0 aliphatic carbocycles. The largest absolute Gasteiger partial charge is 0.508 e. The summed E-state index contributed by atoms with van der Waals surface area (Å²) >= 11 is 5.22. The van der Waals surface area contributed by atoms with E-state index in [1.54, 1.807) is 6.07 Å². The van der Waals surface area contributed by atoms with E-state index >= 15 is 0 Å². The highest BCUT2D eigenvalue weighted by Crippen LogP contribution is 2.74. The van der Waals surface area contributed by atoms with Gasteiger partial charge >= 0.3 is 0 Å². The Hall–Kier alpha value is -0.980. The second-order valence-corrected chi connectivity index (χ2v) is 11.4. The molecule has 0 aromatic heterocycles. The fourth-order valence-corrected chi connectivity index (χ4v) is 9.23. The highest BCUT2D eigenvalue weighted by atomic mass is 32.7. The topological polar surface area (TPSA) is 20.2 Å². The minimum atomic E-state index is -1.44. The summed E-state index contributed by atoms with van der Waals surface area (Å²) in [6.45, 7) is 0.808. The maximum Gasteiger partial charge on any atom is 0.119 e. The Labute approximate surface area is 132 Å². The summed E-state index contributed by atoms with van der Waals surface area (Å²) in [5.74, 6) is 0.768. The first-order chi connectivity index (χ1) is 10.1. The van der Waals surface area contributed by atoms with Gasteiger partial charge in [0.15, 0.2) is 0 Å². The van der Waals surface area contributed by atoms with E-state index in [9.17, 15) is 5.11 Å². The third-order valence-electron chi connectivity index (χ3n) is 4.76. The molecular weight excluding hydrogens is 295 g/mol. The van der Waals surface area contributed by atoms with Gasteiger partial charge in [0.05, 0.1) is 11.8 Å². The molecule has 1 nitrogen and oxygen atoms in total. The van der Waals surface area contributed by atoms with Crippen LogP contribution in [0.3, 0.4) is 0 Å². The molecule has 3 atom stereocenters. The summed E-state index contributed by atoms with van der Waals surface area (Å²) in [6.07, 6.45) is 3.67. The van der Waals surface area contributed by atoms with Crippen molar-refractivity contribution in [2.75, 3.05) is 6.16 Å². The van der Waals surface area contributed by atoms with E-state index in [1.165, 1.54) is 24.3 Å². The lowest BCUT2D eigenvalue weighted by molar-refractivity contribution is 0.461. The number of thiol groups is 1. The van der Waals surface area contributed by atoms with E-state index in [1.807, 2.05) is 12.1 Å². The second kappa shape index (κ2) is 6.02. The van der Waals surface area contributed by atoms with Crippen molar-refractivity contribution < 1.29 is 5.11 Å². The van der Waals surface area contributed by atoms with Gasteiger partial charge in [-0.3, -0.25) is 0 Å². The van der Waals surface area contributed by atoms with Crippen LogP contribution in [0.2, 0.25) is 0 Å². The Morgan fingerprint density at radius 1 is 1.10 bits per heavy atom. The zero-order valence-electron chi connectivity index (χ0n) is 12.3. The van der Waals surface area contributed by atoms with Crippen molar-refractivity contribution in [1.29, 1.82) is 0 Å². The van der Waals surface area contributed by atoms with Gasteiger partial charge in [-0.2, -0.15) is 0 Å². The molecule has 3 heteroatoms. The fraction of sp³-hybridized carbons (Fsp3) is 0.333. The van der Waals surface area contributed by atoms with E-state index in [0.717, 1.165) is 5.56 Å². The van der Waals surface area contributed by atoms with E-state index < -0.39 is 6.46 Å². The Kier molecular flexibility index (Phi) is 4.28. The van der Waals surface area contributed by atoms with Crippen molar-refractivity contribution in [2.45, 2.75) is 31.3 Å². The van der Waals surface area contributed by atoms with Crippen molar-refractivity contribution in [2.24, 2.45) is 0 Å². The van der Waals surface area contributed by atoms with Crippen molar-refractivity contribution in [3.63, 3.8) is 0 Å². The molecule has 3 rings (SSSR count). The lowest BCUT2D eigenvalue weighted by Crippen LogP contribution is -2.21. The Balaban J connectivity index is 1.96. The first-order valence-corrected chi connectivity index (χ1v) is 10.8. The van der Waals surface area contributed by atoms with Gasteiger partial charge in [0.2, 0.25) is 0 Å². The van der Waals surface area contributed by atoms with E-state index in [2.05, 4.69) is 43.3 Å². The third-order valence-corrected chi connectivity index (χ3v) is 10.9. The second-order valence-electron chi connectivity index (χ2n) is 5.94. The molecule has 3 unspecified atom stereocenters. The van der Waals surface area contributed by atoms with Crippen molar-refractivity contribution in [3.05, 3.63) is 60.2 Å². The number of benzene rings is 2. The zero-order chi connectivity index (χ0) is 14.9. The lowest BCUT2D eigenvalue weighted by Gasteiger charge is -2.28. The molecule has 1 fully saturated rings. The molecule has 0 bridgehead atoms. The molecule has 0 saturated carbocycles. The number of hydrogen-bond acceptors (Lipinski definition) is 2. The highest BCUT2D eigenvalue weighted by molar-refractivity contribution is 8.56. The molecule has 1 aliphatic heterocycles. The molecule has 1 N–H and O–H groups in total. The summed E-state index contributed by atoms with van der Waals surface area (Å²) in [4.78, 5) is 0. The quantitative estimate of drug-likeness (QED) is 0.613. The van der Waals surface area contributed by atoms with Crippen LogP contribution < -0.4 is 5.30 Å². The molecule has 1 saturated heterocycles. The number of para-hydroxylation sites is 1. The van der Waals surface area contributed by atoms with E-state index in [4.69, 9.17) is 12.2 Å². The number of phenolic OH excluding ortho intramolecular Hbond substituents is 1. The standard InChI is InChI=1S/C18H21OPS/c1-14(16-10-5-6-11-17(16)19)18-12-7-13-20(18,21)15-8-3-2-4-9-15/h2-6,8-11,14,18,21H,7,12-13H2,1H3/p+1. The molecule has 0 radical (unpaired) electrons.